The van der Waals surface area contributed by atoms with E-state index in [4.69, 9.17) is 5.73 Å². The normalized spacial score (nSPS) is 10.4. The smallest absolute Gasteiger partial charge is 0.180 e. The lowest BCUT2D eigenvalue weighted by molar-refractivity contribution is 1.21. The molecule has 0 unspecified atom stereocenters. The summed E-state index contributed by atoms with van der Waals surface area (Å²) < 4.78 is 1.10. The Morgan fingerprint density at radius 3 is 2.93 bits per heavy atom. The van der Waals surface area contributed by atoms with Crippen molar-refractivity contribution in [3.05, 3.63) is 45.4 Å². The molecule has 0 radical (unpaired) electrons. The molecule has 0 aliphatic heterocycles. The number of nitrogen functional groups attached to an aromatic ring is 1. The summed E-state index contributed by atoms with van der Waals surface area (Å²) in [4.78, 5) is 5.21. The van der Waals surface area contributed by atoms with Crippen LogP contribution < -0.4 is 5.73 Å². The van der Waals surface area contributed by atoms with E-state index in [1.807, 2.05) is 18.3 Å². The highest BCUT2D eigenvalue weighted by molar-refractivity contribution is 9.10. The van der Waals surface area contributed by atoms with Gasteiger partial charge in [0.1, 0.15) is 0 Å². The molecule has 1 aromatic heterocycles. The molecule has 1 heterocycles. The second kappa shape index (κ2) is 4.11. The third kappa shape index (κ3) is 2.33. The fourth-order valence-corrected chi connectivity index (χ4v) is 2.42. The van der Waals surface area contributed by atoms with Crippen LogP contribution >= 0.6 is 27.3 Å². The van der Waals surface area contributed by atoms with E-state index < -0.39 is 0 Å². The fourth-order valence-electron chi connectivity index (χ4n) is 1.25. The van der Waals surface area contributed by atoms with Crippen LogP contribution in [-0.2, 0) is 6.42 Å². The summed E-state index contributed by atoms with van der Waals surface area (Å²) in [7, 11) is 0. The highest BCUT2D eigenvalue weighted by Gasteiger charge is 2.00. The fraction of sp³-hybridized carbons (Fsp3) is 0.100. The molecule has 2 rings (SSSR count). The van der Waals surface area contributed by atoms with Gasteiger partial charge in [-0.3, -0.25) is 0 Å². The van der Waals surface area contributed by atoms with E-state index in [0.717, 1.165) is 10.9 Å². The second-order valence-corrected chi connectivity index (χ2v) is 5.03. The van der Waals surface area contributed by atoms with E-state index in [9.17, 15) is 0 Å². The van der Waals surface area contributed by atoms with Crippen molar-refractivity contribution >= 4 is 32.4 Å². The van der Waals surface area contributed by atoms with Gasteiger partial charge >= 0.3 is 0 Å². The molecule has 2 aromatic rings. The van der Waals surface area contributed by atoms with Crippen molar-refractivity contribution in [1.29, 1.82) is 0 Å². The highest BCUT2D eigenvalue weighted by atomic mass is 79.9. The predicted molar refractivity (Wildman–Crippen MR) is 63.5 cm³/mol. The number of nitrogens with two attached hydrogens (primary N) is 1. The van der Waals surface area contributed by atoms with E-state index in [1.165, 1.54) is 21.8 Å². The molecule has 0 bridgehead atoms. The van der Waals surface area contributed by atoms with Crippen LogP contribution in [0.5, 0.6) is 0 Å². The summed E-state index contributed by atoms with van der Waals surface area (Å²) in [5.74, 6) is 0. The van der Waals surface area contributed by atoms with Crippen molar-refractivity contribution in [1.82, 2.24) is 4.98 Å². The van der Waals surface area contributed by atoms with Crippen LogP contribution in [0.2, 0.25) is 0 Å². The largest absolute Gasteiger partial charge is 0.375 e. The van der Waals surface area contributed by atoms with E-state index in [2.05, 4.69) is 33.0 Å². The van der Waals surface area contributed by atoms with E-state index in [0.29, 0.717) is 5.13 Å². The molecule has 2 N–H and O–H groups in total. The van der Waals surface area contributed by atoms with E-state index in [1.54, 1.807) is 0 Å². The lowest BCUT2D eigenvalue weighted by atomic mass is 10.1. The number of benzene rings is 1. The number of hydrogen-bond donors (Lipinski definition) is 1. The molecule has 14 heavy (non-hydrogen) atoms. The molecule has 0 amide bonds. The summed E-state index contributed by atoms with van der Waals surface area (Å²) in [6.07, 6.45) is 2.73. The Bertz CT molecular complexity index is 439. The van der Waals surface area contributed by atoms with Crippen LogP contribution in [0.15, 0.2) is 34.9 Å². The lowest BCUT2D eigenvalue weighted by Crippen LogP contribution is -1.83. The predicted octanol–water partition coefficient (Wildman–Crippen LogP) is 3.08. The zero-order valence-corrected chi connectivity index (χ0v) is 9.81. The number of nitrogens with zero attached hydrogens (tertiary/aromatic N) is 1. The van der Waals surface area contributed by atoms with Crippen molar-refractivity contribution < 1.29 is 0 Å². The molecule has 0 saturated carbocycles. The molecule has 0 spiro atoms. The first kappa shape index (κ1) is 9.68. The van der Waals surface area contributed by atoms with Crippen molar-refractivity contribution in [3.63, 3.8) is 0 Å². The van der Waals surface area contributed by atoms with Crippen LogP contribution in [0.3, 0.4) is 0 Å². The molecule has 0 atom stereocenters. The molecular weight excluding hydrogens is 260 g/mol. The van der Waals surface area contributed by atoms with Crippen LogP contribution in [0.25, 0.3) is 0 Å². The number of thiazole rings is 1. The Hall–Kier alpha value is -0.870. The van der Waals surface area contributed by atoms with Gasteiger partial charge in [-0.05, 0) is 17.7 Å². The standard InChI is InChI=1S/C10H9BrN2S/c11-8-3-1-2-7(4-8)5-9-6-13-10(12)14-9/h1-4,6H,5H2,(H2,12,13). The second-order valence-electron chi connectivity index (χ2n) is 2.97. The maximum absolute atomic E-state index is 5.56. The molecule has 0 aliphatic carbocycles. The van der Waals surface area contributed by atoms with Gasteiger partial charge in [0.05, 0.1) is 0 Å². The number of rotatable bonds is 2. The quantitative estimate of drug-likeness (QED) is 0.909. The van der Waals surface area contributed by atoms with E-state index in [-0.39, 0.29) is 0 Å². The Kier molecular flexibility index (Phi) is 2.84. The molecular formula is C10H9BrN2S. The summed E-state index contributed by atoms with van der Waals surface area (Å²) in [5, 5.41) is 0.634. The van der Waals surface area contributed by atoms with Crippen LogP contribution in [0, 0.1) is 0 Å². The van der Waals surface area contributed by atoms with Gasteiger partial charge in [0.25, 0.3) is 0 Å². The first-order chi connectivity index (χ1) is 6.74. The number of hydrogen-bond acceptors (Lipinski definition) is 3. The van der Waals surface area contributed by atoms with Gasteiger partial charge in [0.2, 0.25) is 0 Å². The Labute approximate surface area is 94.9 Å². The molecule has 0 aliphatic rings. The molecule has 0 fully saturated rings. The third-order valence-corrected chi connectivity index (χ3v) is 3.16. The zero-order chi connectivity index (χ0) is 9.97. The Balaban J connectivity index is 2.18. The van der Waals surface area contributed by atoms with Crippen molar-refractivity contribution in [2.45, 2.75) is 6.42 Å². The molecule has 1 aromatic carbocycles. The first-order valence-corrected chi connectivity index (χ1v) is 5.79. The lowest BCUT2D eigenvalue weighted by Gasteiger charge is -1.98. The first-order valence-electron chi connectivity index (χ1n) is 4.18. The SMILES string of the molecule is Nc1ncc(Cc2cccc(Br)c2)s1. The summed E-state index contributed by atoms with van der Waals surface area (Å²) in [5.41, 5.74) is 6.83. The monoisotopic (exact) mass is 268 g/mol. The zero-order valence-electron chi connectivity index (χ0n) is 7.40. The van der Waals surface area contributed by atoms with E-state index >= 15 is 0 Å². The number of aromatic nitrogens is 1. The summed E-state index contributed by atoms with van der Waals surface area (Å²) in [6, 6.07) is 8.25. The minimum Gasteiger partial charge on any atom is -0.375 e. The van der Waals surface area contributed by atoms with Crippen LogP contribution in [-0.4, -0.2) is 4.98 Å². The minimum absolute atomic E-state index is 0.634. The van der Waals surface area contributed by atoms with Crippen LogP contribution in [0.1, 0.15) is 10.4 Å². The molecule has 4 heteroatoms. The summed E-state index contributed by atoms with van der Waals surface area (Å²) >= 11 is 4.98. The van der Waals surface area contributed by atoms with Crippen molar-refractivity contribution in [3.8, 4) is 0 Å². The maximum Gasteiger partial charge on any atom is 0.180 e. The van der Waals surface area contributed by atoms with Gasteiger partial charge in [-0.2, -0.15) is 0 Å². The number of anilines is 1. The van der Waals surface area contributed by atoms with Crippen molar-refractivity contribution in [2.24, 2.45) is 0 Å². The van der Waals surface area contributed by atoms with Crippen molar-refractivity contribution in [2.75, 3.05) is 5.73 Å². The molecule has 2 nitrogen and oxygen atoms in total. The maximum atomic E-state index is 5.56. The van der Waals surface area contributed by atoms with Gasteiger partial charge in [-0.15, -0.1) is 11.3 Å². The highest BCUT2D eigenvalue weighted by Crippen LogP contribution is 2.20. The minimum atomic E-state index is 0.634. The van der Waals surface area contributed by atoms with Crippen LogP contribution in [0.4, 0.5) is 5.13 Å². The topological polar surface area (TPSA) is 38.9 Å². The summed E-state index contributed by atoms with van der Waals surface area (Å²) in [6.45, 7) is 0. The average Bonchev–Trinajstić information content (AvgIpc) is 2.51. The third-order valence-electron chi connectivity index (χ3n) is 1.84. The van der Waals surface area contributed by atoms with Gasteiger partial charge < -0.3 is 5.73 Å². The average molecular weight is 269 g/mol. The van der Waals surface area contributed by atoms with Gasteiger partial charge in [-0.25, -0.2) is 4.98 Å². The Morgan fingerprint density at radius 2 is 2.29 bits per heavy atom. The number of halogens is 1. The van der Waals surface area contributed by atoms with Gasteiger partial charge in [0.15, 0.2) is 5.13 Å². The molecule has 72 valence electrons. The molecule has 0 saturated heterocycles. The van der Waals surface area contributed by atoms with Gasteiger partial charge in [0, 0.05) is 22.0 Å². The van der Waals surface area contributed by atoms with Gasteiger partial charge in [-0.1, -0.05) is 28.1 Å². The Morgan fingerprint density at radius 1 is 1.43 bits per heavy atom.